The maximum absolute atomic E-state index is 11.8. The van der Waals surface area contributed by atoms with Gasteiger partial charge in [0.2, 0.25) is 0 Å². The molecule has 2 unspecified atom stereocenters. The monoisotopic (exact) mass is 227 g/mol. The minimum Gasteiger partial charge on any atom is -0.381 e. The van der Waals surface area contributed by atoms with E-state index in [4.69, 9.17) is 0 Å². The highest BCUT2D eigenvalue weighted by atomic mass is 16.1. The summed E-state index contributed by atoms with van der Waals surface area (Å²) in [6, 6.07) is 10.2. The van der Waals surface area contributed by atoms with Crippen LogP contribution in [0.4, 0.5) is 0 Å². The van der Waals surface area contributed by atoms with E-state index in [-0.39, 0.29) is 17.7 Å². The van der Waals surface area contributed by atoms with Crippen LogP contribution in [0, 0.1) is 5.92 Å². The van der Waals surface area contributed by atoms with Crippen molar-refractivity contribution >= 4 is 11.5 Å². The standard InChI is InChI=1S/C15H17NO/c1-4-13-10(2)16-15(14(13)11(3)17)12-8-6-5-7-9-12/h4-10,13,16H,1H2,2-3H3. The van der Waals surface area contributed by atoms with Crippen LogP contribution in [-0.4, -0.2) is 11.8 Å². The molecule has 1 aromatic carbocycles. The number of benzene rings is 1. The average Bonchev–Trinajstić information content (AvgIpc) is 2.67. The van der Waals surface area contributed by atoms with Crippen molar-refractivity contribution in [3.63, 3.8) is 0 Å². The number of nitrogens with one attached hydrogen (secondary N) is 1. The molecular formula is C15H17NO. The highest BCUT2D eigenvalue weighted by Gasteiger charge is 2.32. The molecule has 1 aromatic rings. The topological polar surface area (TPSA) is 29.1 Å². The van der Waals surface area contributed by atoms with Crippen LogP contribution in [0.15, 0.2) is 48.6 Å². The third kappa shape index (κ3) is 2.03. The molecule has 2 heteroatoms. The molecule has 1 aliphatic rings. The summed E-state index contributed by atoms with van der Waals surface area (Å²) in [5.74, 6) is 0.216. The Morgan fingerprint density at radius 2 is 2.00 bits per heavy atom. The van der Waals surface area contributed by atoms with Crippen LogP contribution in [0.5, 0.6) is 0 Å². The van der Waals surface area contributed by atoms with E-state index < -0.39 is 0 Å². The van der Waals surface area contributed by atoms with E-state index in [1.807, 2.05) is 36.4 Å². The zero-order valence-corrected chi connectivity index (χ0v) is 10.2. The molecule has 17 heavy (non-hydrogen) atoms. The maximum atomic E-state index is 11.8. The second-order valence-electron chi connectivity index (χ2n) is 4.41. The molecule has 0 bridgehead atoms. The Hall–Kier alpha value is -1.83. The van der Waals surface area contributed by atoms with Crippen molar-refractivity contribution in [3.8, 4) is 0 Å². The van der Waals surface area contributed by atoms with Gasteiger partial charge in [-0.15, -0.1) is 6.58 Å². The molecule has 0 radical (unpaired) electrons. The van der Waals surface area contributed by atoms with Gasteiger partial charge in [0.25, 0.3) is 0 Å². The first-order chi connectivity index (χ1) is 8.15. The Labute approximate surface area is 102 Å². The van der Waals surface area contributed by atoms with Crippen LogP contribution >= 0.6 is 0 Å². The second-order valence-corrected chi connectivity index (χ2v) is 4.41. The number of ketones is 1. The number of carbonyl (C=O) groups excluding carboxylic acids is 1. The van der Waals surface area contributed by atoms with Crippen molar-refractivity contribution in [2.45, 2.75) is 19.9 Å². The minimum absolute atomic E-state index is 0.0997. The van der Waals surface area contributed by atoms with Gasteiger partial charge in [-0.05, 0) is 19.4 Å². The fraction of sp³-hybridized carbons (Fsp3) is 0.267. The highest BCUT2D eigenvalue weighted by molar-refractivity contribution is 6.02. The zero-order valence-electron chi connectivity index (χ0n) is 10.2. The van der Waals surface area contributed by atoms with Gasteiger partial charge in [-0.1, -0.05) is 36.4 Å². The molecule has 1 aliphatic heterocycles. The molecule has 0 aliphatic carbocycles. The first kappa shape index (κ1) is 11.6. The Morgan fingerprint density at radius 3 is 2.53 bits per heavy atom. The van der Waals surface area contributed by atoms with Crippen LogP contribution in [0.3, 0.4) is 0 Å². The lowest BCUT2D eigenvalue weighted by atomic mass is 9.92. The minimum atomic E-state index is 0.0997. The summed E-state index contributed by atoms with van der Waals surface area (Å²) in [6.45, 7) is 7.52. The Morgan fingerprint density at radius 1 is 1.35 bits per heavy atom. The molecule has 0 fully saturated rings. The Kier molecular flexibility index (Phi) is 3.14. The smallest absolute Gasteiger partial charge is 0.158 e. The summed E-state index contributed by atoms with van der Waals surface area (Å²) in [5.41, 5.74) is 2.86. The summed E-state index contributed by atoms with van der Waals surface area (Å²) in [5, 5.41) is 3.39. The van der Waals surface area contributed by atoms with Gasteiger partial charge in [-0.3, -0.25) is 4.79 Å². The molecular weight excluding hydrogens is 210 g/mol. The SMILES string of the molecule is C=CC1C(C(C)=O)=C(c2ccccc2)NC1C. The van der Waals surface area contributed by atoms with Gasteiger partial charge in [0.15, 0.2) is 5.78 Å². The first-order valence-corrected chi connectivity index (χ1v) is 5.84. The fourth-order valence-electron chi connectivity index (χ4n) is 2.39. The number of carbonyl (C=O) groups is 1. The maximum Gasteiger partial charge on any atom is 0.158 e. The number of hydrogen-bond donors (Lipinski definition) is 1. The molecule has 0 saturated heterocycles. The van der Waals surface area contributed by atoms with E-state index in [1.54, 1.807) is 6.92 Å². The van der Waals surface area contributed by atoms with Crippen LogP contribution in [0.2, 0.25) is 0 Å². The molecule has 2 rings (SSSR count). The lowest BCUT2D eigenvalue weighted by molar-refractivity contribution is -0.113. The molecule has 1 heterocycles. The predicted molar refractivity (Wildman–Crippen MR) is 70.3 cm³/mol. The van der Waals surface area contributed by atoms with E-state index in [0.717, 1.165) is 16.8 Å². The summed E-state index contributed by atoms with van der Waals surface area (Å²) in [6.07, 6.45) is 1.85. The second kappa shape index (κ2) is 4.58. The largest absolute Gasteiger partial charge is 0.381 e. The van der Waals surface area contributed by atoms with E-state index in [9.17, 15) is 4.79 Å². The molecule has 0 spiro atoms. The molecule has 0 amide bonds. The average molecular weight is 227 g/mol. The molecule has 1 N–H and O–H groups in total. The van der Waals surface area contributed by atoms with Gasteiger partial charge < -0.3 is 5.32 Å². The van der Waals surface area contributed by atoms with Crippen LogP contribution < -0.4 is 5.32 Å². The molecule has 2 nitrogen and oxygen atoms in total. The van der Waals surface area contributed by atoms with Gasteiger partial charge in [-0.25, -0.2) is 0 Å². The van der Waals surface area contributed by atoms with Gasteiger partial charge in [0.05, 0.1) is 0 Å². The van der Waals surface area contributed by atoms with Crippen molar-refractivity contribution < 1.29 is 4.79 Å². The highest BCUT2D eigenvalue weighted by Crippen LogP contribution is 2.32. The molecule has 2 atom stereocenters. The van der Waals surface area contributed by atoms with Crippen molar-refractivity contribution in [1.82, 2.24) is 5.32 Å². The van der Waals surface area contributed by atoms with Crippen molar-refractivity contribution in [1.29, 1.82) is 0 Å². The third-order valence-corrected chi connectivity index (χ3v) is 3.21. The Balaban J connectivity index is 2.52. The first-order valence-electron chi connectivity index (χ1n) is 5.84. The van der Waals surface area contributed by atoms with Gasteiger partial charge in [0.1, 0.15) is 0 Å². The van der Waals surface area contributed by atoms with E-state index in [2.05, 4.69) is 18.8 Å². The lowest BCUT2D eigenvalue weighted by Crippen LogP contribution is -2.24. The number of Topliss-reactive ketones (excluding diaryl/α,β-unsaturated/α-hetero) is 1. The molecule has 0 saturated carbocycles. The van der Waals surface area contributed by atoms with E-state index in [0.29, 0.717) is 0 Å². The van der Waals surface area contributed by atoms with Crippen molar-refractivity contribution in [2.75, 3.05) is 0 Å². The third-order valence-electron chi connectivity index (χ3n) is 3.21. The van der Waals surface area contributed by atoms with E-state index >= 15 is 0 Å². The summed E-state index contributed by atoms with van der Waals surface area (Å²) >= 11 is 0. The predicted octanol–water partition coefficient (Wildman–Crippen LogP) is 2.78. The van der Waals surface area contributed by atoms with Crippen LogP contribution in [0.1, 0.15) is 19.4 Å². The summed E-state index contributed by atoms with van der Waals surface area (Å²) in [4.78, 5) is 11.8. The fourth-order valence-corrected chi connectivity index (χ4v) is 2.39. The zero-order chi connectivity index (χ0) is 12.4. The summed E-state index contributed by atoms with van der Waals surface area (Å²) < 4.78 is 0. The Bertz CT molecular complexity index is 473. The van der Waals surface area contributed by atoms with Crippen molar-refractivity contribution in [3.05, 3.63) is 54.1 Å². The lowest BCUT2D eigenvalue weighted by Gasteiger charge is -2.12. The van der Waals surface area contributed by atoms with Crippen molar-refractivity contribution in [2.24, 2.45) is 5.92 Å². The van der Waals surface area contributed by atoms with Crippen LogP contribution in [0.25, 0.3) is 5.70 Å². The van der Waals surface area contributed by atoms with Gasteiger partial charge >= 0.3 is 0 Å². The quantitative estimate of drug-likeness (QED) is 0.804. The summed E-state index contributed by atoms with van der Waals surface area (Å²) in [7, 11) is 0. The molecule has 88 valence electrons. The molecule has 0 aromatic heterocycles. The number of hydrogen-bond acceptors (Lipinski definition) is 2. The normalized spacial score (nSPS) is 23.4. The van der Waals surface area contributed by atoms with Gasteiger partial charge in [0, 0.05) is 23.2 Å². The van der Waals surface area contributed by atoms with Crippen LogP contribution in [-0.2, 0) is 4.79 Å². The van der Waals surface area contributed by atoms with Gasteiger partial charge in [-0.2, -0.15) is 0 Å². The van der Waals surface area contributed by atoms with E-state index in [1.165, 1.54) is 0 Å². The number of rotatable bonds is 3.